The average molecular weight is 142 g/mol. The standard InChI is InChI=1S/C9H18O/c1-8-6-4-3-5-7-9(8,2)10/h8,10H,3-7H2,1-2H3/t8-,9+/m1/s1. The number of aliphatic hydroxyl groups is 1. The molecule has 0 unspecified atom stereocenters. The fraction of sp³-hybridized carbons (Fsp3) is 1.00. The molecule has 0 radical (unpaired) electrons. The maximum atomic E-state index is 9.82. The Labute approximate surface area is 63.4 Å². The van der Waals surface area contributed by atoms with E-state index in [2.05, 4.69) is 6.92 Å². The van der Waals surface area contributed by atoms with Crippen LogP contribution in [-0.4, -0.2) is 10.7 Å². The van der Waals surface area contributed by atoms with Gasteiger partial charge in [-0.05, 0) is 25.7 Å². The Morgan fingerprint density at radius 3 is 2.70 bits per heavy atom. The summed E-state index contributed by atoms with van der Waals surface area (Å²) in [5.74, 6) is 0.495. The predicted molar refractivity (Wildman–Crippen MR) is 42.9 cm³/mol. The highest BCUT2D eigenvalue weighted by Gasteiger charge is 2.28. The molecule has 2 atom stereocenters. The first-order chi connectivity index (χ1) is 4.63. The van der Waals surface area contributed by atoms with Crippen molar-refractivity contribution in [2.45, 2.75) is 51.6 Å². The van der Waals surface area contributed by atoms with E-state index in [1.54, 1.807) is 0 Å². The minimum Gasteiger partial charge on any atom is -0.390 e. The second-order valence-electron chi connectivity index (χ2n) is 3.86. The highest BCUT2D eigenvalue weighted by Crippen LogP contribution is 2.31. The number of hydrogen-bond donors (Lipinski definition) is 1. The molecular weight excluding hydrogens is 124 g/mol. The summed E-state index contributed by atoms with van der Waals surface area (Å²) in [7, 11) is 0. The van der Waals surface area contributed by atoms with Crippen molar-refractivity contribution in [2.24, 2.45) is 5.92 Å². The van der Waals surface area contributed by atoms with Crippen LogP contribution in [-0.2, 0) is 0 Å². The maximum Gasteiger partial charge on any atom is 0.0645 e. The molecule has 0 aromatic carbocycles. The van der Waals surface area contributed by atoms with Crippen molar-refractivity contribution in [3.63, 3.8) is 0 Å². The van der Waals surface area contributed by atoms with Gasteiger partial charge < -0.3 is 5.11 Å². The van der Waals surface area contributed by atoms with Gasteiger partial charge in [0, 0.05) is 0 Å². The Balaban J connectivity index is 2.52. The van der Waals surface area contributed by atoms with Crippen molar-refractivity contribution in [1.29, 1.82) is 0 Å². The molecule has 1 rings (SSSR count). The second-order valence-corrected chi connectivity index (χ2v) is 3.86. The maximum absolute atomic E-state index is 9.82. The third-order valence-corrected chi connectivity index (χ3v) is 2.88. The lowest BCUT2D eigenvalue weighted by Gasteiger charge is -2.27. The van der Waals surface area contributed by atoms with E-state index in [0.29, 0.717) is 5.92 Å². The van der Waals surface area contributed by atoms with E-state index >= 15 is 0 Å². The fourth-order valence-corrected chi connectivity index (χ4v) is 1.67. The molecule has 1 heteroatoms. The van der Waals surface area contributed by atoms with E-state index in [4.69, 9.17) is 0 Å². The van der Waals surface area contributed by atoms with Crippen LogP contribution in [0.1, 0.15) is 46.0 Å². The first-order valence-corrected chi connectivity index (χ1v) is 4.35. The third kappa shape index (κ3) is 1.72. The third-order valence-electron chi connectivity index (χ3n) is 2.88. The lowest BCUT2D eigenvalue weighted by molar-refractivity contribution is 0.000446. The molecule has 1 N–H and O–H groups in total. The quantitative estimate of drug-likeness (QED) is 0.515. The Bertz CT molecular complexity index is 107. The zero-order valence-electron chi connectivity index (χ0n) is 7.06. The minimum atomic E-state index is -0.378. The molecule has 10 heavy (non-hydrogen) atoms. The van der Waals surface area contributed by atoms with E-state index in [-0.39, 0.29) is 5.60 Å². The van der Waals surface area contributed by atoms with Gasteiger partial charge in [-0.2, -0.15) is 0 Å². The first kappa shape index (κ1) is 8.06. The summed E-state index contributed by atoms with van der Waals surface area (Å²) in [6.07, 6.45) is 6.01. The Kier molecular flexibility index (Phi) is 2.35. The van der Waals surface area contributed by atoms with Crippen LogP contribution in [0, 0.1) is 5.92 Å². The number of rotatable bonds is 0. The smallest absolute Gasteiger partial charge is 0.0645 e. The highest BCUT2D eigenvalue weighted by atomic mass is 16.3. The molecule has 1 aliphatic carbocycles. The summed E-state index contributed by atoms with van der Waals surface area (Å²) in [4.78, 5) is 0. The van der Waals surface area contributed by atoms with E-state index in [0.717, 1.165) is 6.42 Å². The second kappa shape index (κ2) is 2.91. The topological polar surface area (TPSA) is 20.2 Å². The normalized spacial score (nSPS) is 42.9. The van der Waals surface area contributed by atoms with Crippen LogP contribution in [0.3, 0.4) is 0 Å². The van der Waals surface area contributed by atoms with Crippen LogP contribution in [0.5, 0.6) is 0 Å². The van der Waals surface area contributed by atoms with Crippen LogP contribution in [0.25, 0.3) is 0 Å². The Hall–Kier alpha value is -0.0400. The first-order valence-electron chi connectivity index (χ1n) is 4.35. The average Bonchev–Trinajstić information content (AvgIpc) is 1.96. The molecule has 1 nitrogen and oxygen atoms in total. The van der Waals surface area contributed by atoms with Gasteiger partial charge in [0.1, 0.15) is 0 Å². The summed E-state index contributed by atoms with van der Waals surface area (Å²) in [5.41, 5.74) is -0.378. The van der Waals surface area contributed by atoms with Crippen LogP contribution >= 0.6 is 0 Å². The molecule has 60 valence electrons. The molecule has 0 spiro atoms. The van der Waals surface area contributed by atoms with Gasteiger partial charge in [0.15, 0.2) is 0 Å². The molecule has 1 aliphatic rings. The van der Waals surface area contributed by atoms with Gasteiger partial charge in [0.2, 0.25) is 0 Å². The lowest BCUT2D eigenvalue weighted by atomic mass is 9.87. The van der Waals surface area contributed by atoms with Gasteiger partial charge in [0.25, 0.3) is 0 Å². The SMILES string of the molecule is C[C@@H]1CCCCC[C@]1(C)O. The lowest BCUT2D eigenvalue weighted by Crippen LogP contribution is -2.31. The molecule has 0 aromatic rings. The van der Waals surface area contributed by atoms with Crippen LogP contribution < -0.4 is 0 Å². The Morgan fingerprint density at radius 1 is 1.30 bits per heavy atom. The van der Waals surface area contributed by atoms with Gasteiger partial charge in [-0.15, -0.1) is 0 Å². The Morgan fingerprint density at radius 2 is 2.00 bits per heavy atom. The monoisotopic (exact) mass is 142 g/mol. The summed E-state index contributed by atoms with van der Waals surface area (Å²) in [6.45, 7) is 4.13. The zero-order chi connectivity index (χ0) is 7.61. The summed E-state index contributed by atoms with van der Waals surface area (Å²) >= 11 is 0. The van der Waals surface area contributed by atoms with Crippen LogP contribution in [0.4, 0.5) is 0 Å². The molecule has 0 heterocycles. The molecule has 0 aromatic heterocycles. The van der Waals surface area contributed by atoms with Crippen LogP contribution in [0.15, 0.2) is 0 Å². The van der Waals surface area contributed by atoms with Gasteiger partial charge in [-0.3, -0.25) is 0 Å². The largest absolute Gasteiger partial charge is 0.390 e. The summed E-state index contributed by atoms with van der Waals surface area (Å²) < 4.78 is 0. The van der Waals surface area contributed by atoms with E-state index in [1.807, 2.05) is 6.92 Å². The van der Waals surface area contributed by atoms with Crippen molar-refractivity contribution in [1.82, 2.24) is 0 Å². The van der Waals surface area contributed by atoms with Crippen molar-refractivity contribution < 1.29 is 5.11 Å². The van der Waals surface area contributed by atoms with Gasteiger partial charge in [0.05, 0.1) is 5.60 Å². The molecule has 0 bridgehead atoms. The zero-order valence-corrected chi connectivity index (χ0v) is 7.06. The van der Waals surface area contributed by atoms with E-state index < -0.39 is 0 Å². The van der Waals surface area contributed by atoms with Crippen molar-refractivity contribution in [3.8, 4) is 0 Å². The van der Waals surface area contributed by atoms with Gasteiger partial charge in [-0.25, -0.2) is 0 Å². The van der Waals surface area contributed by atoms with Gasteiger partial charge in [-0.1, -0.05) is 26.2 Å². The molecule has 1 saturated carbocycles. The molecule has 0 saturated heterocycles. The summed E-state index contributed by atoms with van der Waals surface area (Å²) in [5, 5.41) is 9.82. The fourth-order valence-electron chi connectivity index (χ4n) is 1.67. The van der Waals surface area contributed by atoms with Crippen LogP contribution in [0.2, 0.25) is 0 Å². The summed E-state index contributed by atoms with van der Waals surface area (Å²) in [6, 6.07) is 0. The van der Waals surface area contributed by atoms with E-state index in [9.17, 15) is 5.11 Å². The minimum absolute atomic E-state index is 0.378. The molecular formula is C9H18O. The predicted octanol–water partition coefficient (Wildman–Crippen LogP) is 2.34. The van der Waals surface area contributed by atoms with Crippen molar-refractivity contribution in [2.75, 3.05) is 0 Å². The molecule has 0 amide bonds. The van der Waals surface area contributed by atoms with Crippen molar-refractivity contribution >= 4 is 0 Å². The number of hydrogen-bond acceptors (Lipinski definition) is 1. The van der Waals surface area contributed by atoms with E-state index in [1.165, 1.54) is 25.7 Å². The van der Waals surface area contributed by atoms with Crippen molar-refractivity contribution in [3.05, 3.63) is 0 Å². The molecule has 0 aliphatic heterocycles. The molecule has 1 fully saturated rings. The highest BCUT2D eigenvalue weighted by molar-refractivity contribution is 4.81. The van der Waals surface area contributed by atoms with Gasteiger partial charge >= 0.3 is 0 Å².